The van der Waals surface area contributed by atoms with Crippen LogP contribution in [0.1, 0.15) is 11.4 Å². The van der Waals surface area contributed by atoms with Gasteiger partial charge in [-0.1, -0.05) is 39.3 Å². The van der Waals surface area contributed by atoms with E-state index in [0.29, 0.717) is 23.7 Å². The van der Waals surface area contributed by atoms with Gasteiger partial charge in [0, 0.05) is 16.5 Å². The number of phenolic OH excluding ortho intramolecular Hbond substituents is 2. The fourth-order valence-corrected chi connectivity index (χ4v) is 2.34. The third-order valence-electron chi connectivity index (χ3n) is 3.00. The molecule has 0 unspecified atom stereocenters. The lowest BCUT2D eigenvalue weighted by Gasteiger charge is -1.99. The predicted octanol–water partition coefficient (Wildman–Crippen LogP) is 3.50. The molecule has 21 heavy (non-hydrogen) atoms. The summed E-state index contributed by atoms with van der Waals surface area (Å²) < 4.78 is 6.17. The van der Waals surface area contributed by atoms with E-state index in [1.54, 1.807) is 6.07 Å². The number of rotatable bonds is 3. The lowest BCUT2D eigenvalue weighted by molar-refractivity contribution is 0.402. The highest BCUT2D eigenvalue weighted by atomic mass is 79.9. The number of aromatic hydroxyl groups is 2. The number of nitrogens with zero attached hydrogens (tertiary/aromatic N) is 2. The van der Waals surface area contributed by atoms with Crippen LogP contribution in [-0.2, 0) is 6.42 Å². The molecule has 3 aromatic rings. The number of hydrogen-bond donors (Lipinski definition) is 2. The minimum atomic E-state index is -0.224. The SMILES string of the molecule is Oc1ccc(-c2nc(Cc3ccccc3Br)no2)cc1O. The average Bonchev–Trinajstić information content (AvgIpc) is 2.93. The maximum absolute atomic E-state index is 9.49. The van der Waals surface area contributed by atoms with Crippen molar-refractivity contribution in [2.45, 2.75) is 6.42 Å². The van der Waals surface area contributed by atoms with Gasteiger partial charge in [0.25, 0.3) is 5.89 Å². The molecule has 0 saturated carbocycles. The number of phenols is 2. The first kappa shape index (κ1) is 13.6. The molecule has 2 N–H and O–H groups in total. The Morgan fingerprint density at radius 2 is 1.86 bits per heavy atom. The number of hydrogen-bond acceptors (Lipinski definition) is 5. The quantitative estimate of drug-likeness (QED) is 0.709. The second kappa shape index (κ2) is 5.57. The first-order valence-corrected chi connectivity index (χ1v) is 7.01. The Bertz CT molecular complexity index is 786. The largest absolute Gasteiger partial charge is 0.504 e. The fourth-order valence-electron chi connectivity index (χ4n) is 1.91. The summed E-state index contributed by atoms with van der Waals surface area (Å²) in [5, 5.41) is 22.7. The van der Waals surface area contributed by atoms with Crippen molar-refractivity contribution in [3.05, 3.63) is 58.3 Å². The summed E-state index contributed by atoms with van der Waals surface area (Å²) in [4.78, 5) is 4.30. The topological polar surface area (TPSA) is 79.4 Å². The van der Waals surface area contributed by atoms with E-state index >= 15 is 0 Å². The van der Waals surface area contributed by atoms with E-state index in [1.165, 1.54) is 12.1 Å². The van der Waals surface area contributed by atoms with Gasteiger partial charge in [-0.25, -0.2) is 0 Å². The average molecular weight is 347 g/mol. The third-order valence-corrected chi connectivity index (χ3v) is 3.77. The zero-order chi connectivity index (χ0) is 14.8. The van der Waals surface area contributed by atoms with Gasteiger partial charge in [-0.2, -0.15) is 4.98 Å². The van der Waals surface area contributed by atoms with Gasteiger partial charge in [0.2, 0.25) is 0 Å². The first-order chi connectivity index (χ1) is 10.1. The summed E-state index contributed by atoms with van der Waals surface area (Å²) in [6.07, 6.45) is 0.537. The van der Waals surface area contributed by atoms with E-state index in [1.807, 2.05) is 24.3 Å². The summed E-state index contributed by atoms with van der Waals surface area (Å²) in [6, 6.07) is 12.2. The van der Waals surface area contributed by atoms with E-state index in [4.69, 9.17) is 4.52 Å². The minimum Gasteiger partial charge on any atom is -0.504 e. The molecule has 0 fully saturated rings. The van der Waals surface area contributed by atoms with Crippen LogP contribution >= 0.6 is 15.9 Å². The van der Waals surface area contributed by atoms with Crippen LogP contribution < -0.4 is 0 Å². The maximum atomic E-state index is 9.49. The van der Waals surface area contributed by atoms with Gasteiger partial charge in [-0.3, -0.25) is 0 Å². The molecule has 0 aliphatic heterocycles. The van der Waals surface area contributed by atoms with Crippen LogP contribution in [0.4, 0.5) is 0 Å². The summed E-state index contributed by atoms with van der Waals surface area (Å²) in [5.41, 5.74) is 1.61. The van der Waals surface area contributed by atoms with Crippen molar-refractivity contribution in [2.75, 3.05) is 0 Å². The van der Waals surface area contributed by atoms with Gasteiger partial charge in [0.1, 0.15) is 0 Å². The summed E-state index contributed by atoms with van der Waals surface area (Å²) in [6.45, 7) is 0. The first-order valence-electron chi connectivity index (χ1n) is 6.22. The molecular formula is C15H11BrN2O3. The Hall–Kier alpha value is -2.34. The van der Waals surface area contributed by atoms with Crippen LogP contribution in [0, 0.1) is 0 Å². The molecule has 106 valence electrons. The summed E-state index contributed by atoms with van der Waals surface area (Å²) >= 11 is 3.48. The lowest BCUT2D eigenvalue weighted by atomic mass is 10.1. The Morgan fingerprint density at radius 3 is 2.62 bits per heavy atom. The highest BCUT2D eigenvalue weighted by Gasteiger charge is 2.12. The van der Waals surface area contributed by atoms with Crippen molar-refractivity contribution < 1.29 is 14.7 Å². The Kier molecular flexibility index (Phi) is 3.62. The standard InChI is InChI=1S/C15H11BrN2O3/c16-11-4-2-1-3-9(11)8-14-17-15(21-18-14)10-5-6-12(19)13(20)7-10/h1-7,19-20H,8H2. The van der Waals surface area contributed by atoms with Gasteiger partial charge in [-0.15, -0.1) is 0 Å². The molecule has 0 amide bonds. The molecule has 0 saturated heterocycles. The molecule has 6 heteroatoms. The van der Waals surface area contributed by atoms with Crippen LogP contribution in [0.2, 0.25) is 0 Å². The van der Waals surface area contributed by atoms with Crippen molar-refractivity contribution in [3.63, 3.8) is 0 Å². The second-order valence-electron chi connectivity index (χ2n) is 4.49. The Morgan fingerprint density at radius 1 is 1.05 bits per heavy atom. The van der Waals surface area contributed by atoms with Crippen LogP contribution in [-0.4, -0.2) is 20.4 Å². The molecule has 3 rings (SSSR count). The number of halogens is 1. The van der Waals surface area contributed by atoms with E-state index in [9.17, 15) is 10.2 Å². The number of benzene rings is 2. The Labute approximate surface area is 129 Å². The van der Waals surface area contributed by atoms with Gasteiger partial charge < -0.3 is 14.7 Å². The van der Waals surface area contributed by atoms with E-state index in [0.717, 1.165) is 10.0 Å². The molecule has 0 aliphatic carbocycles. The zero-order valence-electron chi connectivity index (χ0n) is 10.8. The summed E-state index contributed by atoms with van der Waals surface area (Å²) in [7, 11) is 0. The minimum absolute atomic E-state index is 0.188. The van der Waals surface area contributed by atoms with E-state index < -0.39 is 0 Å². The summed E-state index contributed by atoms with van der Waals surface area (Å²) in [5.74, 6) is 0.432. The van der Waals surface area contributed by atoms with Gasteiger partial charge in [0.15, 0.2) is 17.3 Å². The van der Waals surface area contributed by atoms with Gasteiger partial charge in [-0.05, 0) is 29.8 Å². The second-order valence-corrected chi connectivity index (χ2v) is 5.34. The molecular weight excluding hydrogens is 336 g/mol. The predicted molar refractivity (Wildman–Crippen MR) is 80.0 cm³/mol. The van der Waals surface area contributed by atoms with E-state index in [-0.39, 0.29) is 11.5 Å². The van der Waals surface area contributed by atoms with Crippen molar-refractivity contribution in [1.82, 2.24) is 10.1 Å². The van der Waals surface area contributed by atoms with Crippen LogP contribution in [0.25, 0.3) is 11.5 Å². The highest BCUT2D eigenvalue weighted by molar-refractivity contribution is 9.10. The van der Waals surface area contributed by atoms with E-state index in [2.05, 4.69) is 26.1 Å². The van der Waals surface area contributed by atoms with Crippen molar-refractivity contribution >= 4 is 15.9 Å². The smallest absolute Gasteiger partial charge is 0.258 e. The molecule has 2 aromatic carbocycles. The molecule has 0 aliphatic rings. The third kappa shape index (κ3) is 2.90. The zero-order valence-corrected chi connectivity index (χ0v) is 12.4. The number of aromatic nitrogens is 2. The van der Waals surface area contributed by atoms with Crippen molar-refractivity contribution in [1.29, 1.82) is 0 Å². The highest BCUT2D eigenvalue weighted by Crippen LogP contribution is 2.30. The molecule has 1 aromatic heterocycles. The molecule has 0 radical (unpaired) electrons. The van der Waals surface area contributed by atoms with Gasteiger partial charge in [0.05, 0.1) is 0 Å². The molecule has 0 atom stereocenters. The monoisotopic (exact) mass is 346 g/mol. The fraction of sp³-hybridized carbons (Fsp3) is 0.0667. The molecule has 0 spiro atoms. The lowest BCUT2D eigenvalue weighted by Crippen LogP contribution is -1.91. The van der Waals surface area contributed by atoms with Crippen LogP contribution in [0.15, 0.2) is 51.5 Å². The molecule has 5 nitrogen and oxygen atoms in total. The van der Waals surface area contributed by atoms with Crippen LogP contribution in [0.3, 0.4) is 0 Å². The van der Waals surface area contributed by atoms with Crippen LogP contribution in [0.5, 0.6) is 11.5 Å². The Balaban J connectivity index is 1.86. The molecule has 1 heterocycles. The van der Waals surface area contributed by atoms with Crippen molar-refractivity contribution in [3.8, 4) is 23.0 Å². The molecule has 0 bridgehead atoms. The van der Waals surface area contributed by atoms with Gasteiger partial charge >= 0.3 is 0 Å². The van der Waals surface area contributed by atoms with Crippen molar-refractivity contribution in [2.24, 2.45) is 0 Å². The normalized spacial score (nSPS) is 10.7. The maximum Gasteiger partial charge on any atom is 0.258 e.